The average Bonchev–Trinajstić information content (AvgIpc) is 3.06. The third-order valence-corrected chi connectivity index (χ3v) is 6.79. The number of hydrogen-bond acceptors (Lipinski definition) is 4. The molecule has 3 aromatic rings. The zero-order chi connectivity index (χ0) is 21.0. The number of benzene rings is 2. The smallest absolute Gasteiger partial charge is 0.155 e. The van der Waals surface area contributed by atoms with E-state index < -0.39 is 0 Å². The third kappa shape index (κ3) is 4.55. The van der Waals surface area contributed by atoms with E-state index in [4.69, 9.17) is 0 Å². The van der Waals surface area contributed by atoms with Gasteiger partial charge in [-0.05, 0) is 49.1 Å². The molecule has 2 aliphatic rings. The van der Waals surface area contributed by atoms with Gasteiger partial charge in [0.05, 0.1) is 12.6 Å². The molecular weight excluding hydrogens is 389 g/mol. The predicted octanol–water partition coefficient (Wildman–Crippen LogP) is 4.12. The van der Waals surface area contributed by atoms with E-state index in [0.717, 1.165) is 56.6 Å². The molecule has 1 aliphatic carbocycles. The van der Waals surface area contributed by atoms with Gasteiger partial charge in [-0.15, -0.1) is 10.2 Å². The average molecular weight is 420 g/mol. The maximum atomic E-state index is 13.7. The number of aromatic nitrogens is 3. The van der Waals surface area contributed by atoms with Crippen LogP contribution in [0.15, 0.2) is 60.9 Å². The molecule has 6 heteroatoms. The maximum Gasteiger partial charge on any atom is 0.155 e. The minimum Gasteiger partial charge on any atom is -0.311 e. The first-order valence-corrected chi connectivity index (χ1v) is 11.4. The van der Waals surface area contributed by atoms with Crippen molar-refractivity contribution >= 4 is 0 Å². The van der Waals surface area contributed by atoms with E-state index in [1.807, 2.05) is 24.5 Å². The van der Waals surface area contributed by atoms with E-state index in [0.29, 0.717) is 0 Å². The van der Waals surface area contributed by atoms with Crippen molar-refractivity contribution in [2.45, 2.75) is 44.3 Å². The first-order valence-electron chi connectivity index (χ1n) is 11.4. The van der Waals surface area contributed by atoms with Gasteiger partial charge in [-0.25, -0.2) is 4.39 Å². The number of halogens is 1. The van der Waals surface area contributed by atoms with Gasteiger partial charge in [0.2, 0.25) is 0 Å². The molecule has 2 fully saturated rings. The second kappa shape index (κ2) is 9.28. The highest BCUT2D eigenvalue weighted by Gasteiger charge is 2.31. The number of hydrogen-bond donors (Lipinski definition) is 0. The van der Waals surface area contributed by atoms with Crippen molar-refractivity contribution in [1.29, 1.82) is 0 Å². The number of nitrogens with zero attached hydrogens (tertiary/aromatic N) is 5. The Balaban J connectivity index is 1.44. The Bertz CT molecular complexity index is 967. The zero-order valence-electron chi connectivity index (χ0n) is 17.9. The van der Waals surface area contributed by atoms with Crippen LogP contribution in [-0.2, 0) is 6.54 Å². The fraction of sp³-hybridized carbons (Fsp3) is 0.440. The summed E-state index contributed by atoms with van der Waals surface area (Å²) in [5, 5.41) is 8.83. The highest BCUT2D eigenvalue weighted by molar-refractivity contribution is 5.26. The molecule has 2 aromatic carbocycles. The van der Waals surface area contributed by atoms with Gasteiger partial charge >= 0.3 is 0 Å². The van der Waals surface area contributed by atoms with Crippen LogP contribution in [0.4, 0.5) is 4.39 Å². The standard InChI is InChI=1S/C25H30FN5/c26-22-12-10-21(11-13-22)24(30-15-5-14-29(16-17-30)23-8-4-9-23)25-28-27-19-31(25)18-20-6-2-1-3-7-20/h1-3,6-7,10-13,19,23-24H,4-5,8-9,14-18H2. The molecule has 0 bridgehead atoms. The van der Waals surface area contributed by atoms with E-state index >= 15 is 0 Å². The van der Waals surface area contributed by atoms with Crippen LogP contribution < -0.4 is 0 Å². The van der Waals surface area contributed by atoms with Gasteiger partial charge in [0, 0.05) is 25.7 Å². The zero-order valence-corrected chi connectivity index (χ0v) is 17.9. The van der Waals surface area contributed by atoms with Gasteiger partial charge < -0.3 is 4.57 Å². The predicted molar refractivity (Wildman–Crippen MR) is 119 cm³/mol. The van der Waals surface area contributed by atoms with Crippen molar-refractivity contribution in [3.05, 3.63) is 83.7 Å². The van der Waals surface area contributed by atoms with Gasteiger partial charge in [0.15, 0.2) is 5.82 Å². The lowest BCUT2D eigenvalue weighted by atomic mass is 9.91. The van der Waals surface area contributed by atoms with E-state index in [9.17, 15) is 4.39 Å². The summed E-state index contributed by atoms with van der Waals surface area (Å²) in [4.78, 5) is 5.18. The molecule has 1 unspecified atom stereocenters. The molecular formula is C25H30FN5. The van der Waals surface area contributed by atoms with Crippen LogP contribution in [0.25, 0.3) is 0 Å². The van der Waals surface area contributed by atoms with Crippen molar-refractivity contribution in [1.82, 2.24) is 24.6 Å². The first-order chi connectivity index (χ1) is 15.3. The molecule has 0 spiro atoms. The van der Waals surface area contributed by atoms with Crippen LogP contribution in [0.5, 0.6) is 0 Å². The van der Waals surface area contributed by atoms with Crippen LogP contribution in [0.3, 0.4) is 0 Å². The molecule has 162 valence electrons. The molecule has 1 aliphatic heterocycles. The van der Waals surface area contributed by atoms with Gasteiger partial charge in [0.1, 0.15) is 12.1 Å². The summed E-state index contributed by atoms with van der Waals surface area (Å²) in [6.45, 7) is 4.95. The van der Waals surface area contributed by atoms with Crippen molar-refractivity contribution in [3.8, 4) is 0 Å². The Hall–Kier alpha value is -2.57. The van der Waals surface area contributed by atoms with Gasteiger partial charge in [0.25, 0.3) is 0 Å². The molecule has 1 aromatic heterocycles. The molecule has 0 radical (unpaired) electrons. The quantitative estimate of drug-likeness (QED) is 0.603. The number of rotatable bonds is 6. The van der Waals surface area contributed by atoms with Gasteiger partial charge in [-0.1, -0.05) is 48.9 Å². The van der Waals surface area contributed by atoms with E-state index in [-0.39, 0.29) is 11.9 Å². The summed E-state index contributed by atoms with van der Waals surface area (Å²) in [5.41, 5.74) is 2.29. The lowest BCUT2D eigenvalue weighted by molar-refractivity contribution is 0.127. The minimum absolute atomic E-state index is 0.0341. The largest absolute Gasteiger partial charge is 0.311 e. The maximum absolute atomic E-state index is 13.7. The lowest BCUT2D eigenvalue weighted by Gasteiger charge is -2.37. The first kappa shape index (κ1) is 20.3. The van der Waals surface area contributed by atoms with E-state index in [1.165, 1.54) is 24.8 Å². The van der Waals surface area contributed by atoms with Gasteiger partial charge in [-0.3, -0.25) is 9.80 Å². The molecule has 5 nitrogen and oxygen atoms in total. The van der Waals surface area contributed by atoms with Crippen molar-refractivity contribution < 1.29 is 4.39 Å². The summed E-state index contributed by atoms with van der Waals surface area (Å²) >= 11 is 0. The topological polar surface area (TPSA) is 37.2 Å². The molecule has 2 heterocycles. The summed E-state index contributed by atoms with van der Waals surface area (Å²) in [7, 11) is 0. The molecule has 31 heavy (non-hydrogen) atoms. The Morgan fingerprint density at radius 2 is 1.71 bits per heavy atom. The summed E-state index contributed by atoms with van der Waals surface area (Å²) in [6.07, 6.45) is 7.00. The van der Waals surface area contributed by atoms with Crippen molar-refractivity contribution in [3.63, 3.8) is 0 Å². The van der Waals surface area contributed by atoms with Crippen LogP contribution >= 0.6 is 0 Å². The molecule has 1 atom stereocenters. The Morgan fingerprint density at radius 1 is 0.903 bits per heavy atom. The van der Waals surface area contributed by atoms with Crippen molar-refractivity contribution in [2.24, 2.45) is 0 Å². The van der Waals surface area contributed by atoms with Gasteiger partial charge in [-0.2, -0.15) is 0 Å². The Morgan fingerprint density at radius 3 is 2.45 bits per heavy atom. The van der Waals surface area contributed by atoms with Crippen LogP contribution in [0, 0.1) is 5.82 Å². The SMILES string of the molecule is Fc1ccc(C(c2nncn2Cc2ccccc2)N2CCCN(C3CCC3)CC2)cc1. The summed E-state index contributed by atoms with van der Waals surface area (Å²) in [6, 6.07) is 18.0. The molecule has 0 N–H and O–H groups in total. The van der Waals surface area contributed by atoms with Crippen LogP contribution in [0.2, 0.25) is 0 Å². The van der Waals surface area contributed by atoms with Crippen LogP contribution in [-0.4, -0.2) is 56.8 Å². The summed E-state index contributed by atoms with van der Waals surface area (Å²) < 4.78 is 15.8. The fourth-order valence-electron chi connectivity index (χ4n) is 4.88. The second-order valence-corrected chi connectivity index (χ2v) is 8.77. The Kier molecular flexibility index (Phi) is 6.09. The molecule has 5 rings (SSSR count). The molecule has 0 amide bonds. The molecule has 1 saturated carbocycles. The van der Waals surface area contributed by atoms with E-state index in [1.54, 1.807) is 12.1 Å². The van der Waals surface area contributed by atoms with Crippen molar-refractivity contribution in [2.75, 3.05) is 26.2 Å². The minimum atomic E-state index is -0.208. The van der Waals surface area contributed by atoms with Crippen LogP contribution in [0.1, 0.15) is 48.7 Å². The highest BCUT2D eigenvalue weighted by Crippen LogP contribution is 2.31. The summed E-state index contributed by atoms with van der Waals surface area (Å²) in [5.74, 6) is 0.716. The second-order valence-electron chi connectivity index (χ2n) is 8.77. The fourth-order valence-corrected chi connectivity index (χ4v) is 4.88. The normalized spacial score (nSPS) is 19.6. The monoisotopic (exact) mass is 419 g/mol. The van der Waals surface area contributed by atoms with E-state index in [2.05, 4.69) is 48.8 Å². The highest BCUT2D eigenvalue weighted by atomic mass is 19.1. The molecule has 1 saturated heterocycles. The Labute approximate surface area is 183 Å². The third-order valence-electron chi connectivity index (χ3n) is 6.79. The lowest BCUT2D eigenvalue weighted by Crippen LogP contribution is -2.42.